The topological polar surface area (TPSA) is 25.2 Å². The Morgan fingerprint density at radius 3 is 2.69 bits per heavy atom. The molecule has 4 heteroatoms. The summed E-state index contributed by atoms with van der Waals surface area (Å²) in [6.45, 7) is 0. The zero-order valence-electron chi connectivity index (χ0n) is 8.71. The van der Waals surface area contributed by atoms with Crippen molar-refractivity contribution in [2.75, 3.05) is 7.05 Å². The zero-order valence-corrected chi connectivity index (χ0v) is 10.3. The summed E-state index contributed by atoms with van der Waals surface area (Å²) in [5.74, 6) is 0.429. The predicted octanol–water partition coefficient (Wildman–Crippen LogP) is 3.49. The maximum absolute atomic E-state index is 13.8. The molecule has 2 aromatic rings. The van der Waals surface area contributed by atoms with E-state index in [-0.39, 0.29) is 11.9 Å². The van der Waals surface area contributed by atoms with Crippen LogP contribution < -0.4 is 5.32 Å². The van der Waals surface area contributed by atoms with Gasteiger partial charge in [-0.05, 0) is 31.3 Å². The quantitative estimate of drug-likeness (QED) is 0.933. The third-order valence-electron chi connectivity index (χ3n) is 2.40. The summed E-state index contributed by atoms with van der Waals surface area (Å²) in [4.78, 5) is 0. The molecule has 0 radical (unpaired) electrons. The number of rotatable bonds is 3. The van der Waals surface area contributed by atoms with Crippen LogP contribution in [-0.4, -0.2) is 7.05 Å². The molecule has 1 heterocycles. The van der Waals surface area contributed by atoms with Crippen LogP contribution in [0.5, 0.6) is 0 Å². The second kappa shape index (κ2) is 4.80. The van der Waals surface area contributed by atoms with Gasteiger partial charge in [0.25, 0.3) is 0 Å². The molecule has 0 saturated heterocycles. The van der Waals surface area contributed by atoms with Gasteiger partial charge in [-0.3, -0.25) is 0 Å². The van der Waals surface area contributed by atoms with Crippen LogP contribution in [-0.2, 0) is 0 Å². The molecule has 16 heavy (non-hydrogen) atoms. The SMILES string of the molecule is CNC(c1ccco1)c1c(F)cccc1Br. The Kier molecular flexibility index (Phi) is 3.41. The Morgan fingerprint density at radius 1 is 1.31 bits per heavy atom. The van der Waals surface area contributed by atoms with Gasteiger partial charge >= 0.3 is 0 Å². The normalized spacial score (nSPS) is 12.7. The van der Waals surface area contributed by atoms with Crippen molar-refractivity contribution >= 4 is 15.9 Å². The Labute approximate surface area is 102 Å². The second-order valence-electron chi connectivity index (χ2n) is 3.37. The fourth-order valence-electron chi connectivity index (χ4n) is 1.67. The minimum atomic E-state index is -0.287. The van der Waals surface area contributed by atoms with Gasteiger partial charge in [0.1, 0.15) is 11.6 Å². The average Bonchev–Trinajstić information content (AvgIpc) is 2.77. The van der Waals surface area contributed by atoms with Crippen LogP contribution in [0.1, 0.15) is 17.4 Å². The molecule has 0 aliphatic rings. The van der Waals surface area contributed by atoms with Gasteiger partial charge in [-0.2, -0.15) is 0 Å². The van der Waals surface area contributed by atoms with Gasteiger partial charge in [-0.25, -0.2) is 4.39 Å². The lowest BCUT2D eigenvalue weighted by molar-refractivity contribution is 0.452. The molecule has 2 rings (SSSR count). The summed E-state index contributed by atoms with van der Waals surface area (Å²) in [5.41, 5.74) is 0.556. The van der Waals surface area contributed by atoms with E-state index in [0.717, 1.165) is 4.47 Å². The molecule has 0 amide bonds. The van der Waals surface area contributed by atoms with Gasteiger partial charge in [0.2, 0.25) is 0 Å². The van der Waals surface area contributed by atoms with Crippen molar-refractivity contribution in [3.8, 4) is 0 Å². The monoisotopic (exact) mass is 283 g/mol. The van der Waals surface area contributed by atoms with Crippen molar-refractivity contribution < 1.29 is 8.81 Å². The largest absolute Gasteiger partial charge is 0.467 e. The van der Waals surface area contributed by atoms with Gasteiger partial charge in [0.15, 0.2) is 0 Å². The first-order valence-electron chi connectivity index (χ1n) is 4.88. The van der Waals surface area contributed by atoms with E-state index >= 15 is 0 Å². The van der Waals surface area contributed by atoms with Crippen molar-refractivity contribution in [2.45, 2.75) is 6.04 Å². The van der Waals surface area contributed by atoms with Gasteiger partial charge < -0.3 is 9.73 Å². The van der Waals surface area contributed by atoms with Gasteiger partial charge in [0.05, 0.1) is 12.3 Å². The minimum absolute atomic E-state index is 0.259. The van der Waals surface area contributed by atoms with E-state index in [2.05, 4.69) is 21.2 Å². The predicted molar refractivity (Wildman–Crippen MR) is 63.7 cm³/mol. The third-order valence-corrected chi connectivity index (χ3v) is 3.10. The Bertz CT molecular complexity index is 450. The fraction of sp³-hybridized carbons (Fsp3) is 0.167. The first-order chi connectivity index (χ1) is 7.74. The number of nitrogens with one attached hydrogen (secondary N) is 1. The molecule has 0 aliphatic heterocycles. The van der Waals surface area contributed by atoms with E-state index in [1.54, 1.807) is 25.4 Å². The van der Waals surface area contributed by atoms with E-state index in [1.165, 1.54) is 6.07 Å². The Balaban J connectivity index is 2.49. The van der Waals surface area contributed by atoms with Crippen molar-refractivity contribution in [3.63, 3.8) is 0 Å². The highest BCUT2D eigenvalue weighted by Crippen LogP contribution is 2.30. The second-order valence-corrected chi connectivity index (χ2v) is 4.23. The highest BCUT2D eigenvalue weighted by molar-refractivity contribution is 9.10. The fourth-order valence-corrected chi connectivity index (χ4v) is 2.24. The first kappa shape index (κ1) is 11.4. The molecule has 1 aromatic carbocycles. The summed E-state index contributed by atoms with van der Waals surface area (Å²) >= 11 is 3.35. The van der Waals surface area contributed by atoms with E-state index in [9.17, 15) is 4.39 Å². The third kappa shape index (κ3) is 2.03. The van der Waals surface area contributed by atoms with Crippen LogP contribution in [0.15, 0.2) is 45.5 Å². The summed E-state index contributed by atoms with van der Waals surface area (Å²) in [7, 11) is 1.77. The maximum atomic E-state index is 13.8. The lowest BCUT2D eigenvalue weighted by Gasteiger charge is -2.16. The molecule has 0 saturated carbocycles. The summed E-state index contributed by atoms with van der Waals surface area (Å²) in [6, 6.07) is 8.23. The molecule has 2 nitrogen and oxygen atoms in total. The highest BCUT2D eigenvalue weighted by atomic mass is 79.9. The minimum Gasteiger partial charge on any atom is -0.467 e. The molecule has 1 aromatic heterocycles. The van der Waals surface area contributed by atoms with E-state index in [0.29, 0.717) is 11.3 Å². The van der Waals surface area contributed by atoms with E-state index in [1.807, 2.05) is 12.1 Å². The maximum Gasteiger partial charge on any atom is 0.129 e. The van der Waals surface area contributed by atoms with Crippen molar-refractivity contribution in [1.29, 1.82) is 0 Å². The number of hydrogen-bond donors (Lipinski definition) is 1. The van der Waals surface area contributed by atoms with Crippen LogP contribution in [0.3, 0.4) is 0 Å². The number of halogens is 2. The highest BCUT2D eigenvalue weighted by Gasteiger charge is 2.20. The smallest absolute Gasteiger partial charge is 0.129 e. The number of hydrogen-bond acceptors (Lipinski definition) is 2. The molecule has 84 valence electrons. The molecule has 0 bridgehead atoms. The molecule has 0 aliphatic carbocycles. The average molecular weight is 284 g/mol. The molecule has 1 N–H and O–H groups in total. The summed E-state index contributed by atoms with van der Waals surface area (Å²) in [5, 5.41) is 3.04. The first-order valence-corrected chi connectivity index (χ1v) is 5.68. The van der Waals surface area contributed by atoms with Crippen molar-refractivity contribution in [3.05, 3.63) is 58.2 Å². The van der Waals surface area contributed by atoms with Crippen molar-refractivity contribution in [2.24, 2.45) is 0 Å². The Hall–Kier alpha value is -1.13. The zero-order chi connectivity index (χ0) is 11.5. The van der Waals surface area contributed by atoms with Crippen LogP contribution in [0.25, 0.3) is 0 Å². The molecule has 1 unspecified atom stereocenters. The van der Waals surface area contributed by atoms with E-state index < -0.39 is 0 Å². The summed E-state index contributed by atoms with van der Waals surface area (Å²) < 4.78 is 19.8. The van der Waals surface area contributed by atoms with E-state index in [4.69, 9.17) is 4.42 Å². The lowest BCUT2D eigenvalue weighted by Crippen LogP contribution is -2.18. The van der Waals surface area contributed by atoms with Crippen LogP contribution >= 0.6 is 15.9 Å². The van der Waals surface area contributed by atoms with Gasteiger partial charge in [0, 0.05) is 10.0 Å². The van der Waals surface area contributed by atoms with Gasteiger partial charge in [-0.1, -0.05) is 22.0 Å². The van der Waals surface area contributed by atoms with Crippen LogP contribution in [0.4, 0.5) is 4.39 Å². The lowest BCUT2D eigenvalue weighted by atomic mass is 10.0. The molecule has 0 fully saturated rings. The molecule has 0 spiro atoms. The Morgan fingerprint density at radius 2 is 2.12 bits per heavy atom. The number of benzene rings is 1. The van der Waals surface area contributed by atoms with Crippen LogP contribution in [0, 0.1) is 5.82 Å². The van der Waals surface area contributed by atoms with Gasteiger partial charge in [-0.15, -0.1) is 0 Å². The number of furan rings is 1. The molecular formula is C12H11BrFNO. The van der Waals surface area contributed by atoms with Crippen LogP contribution in [0.2, 0.25) is 0 Å². The van der Waals surface area contributed by atoms with Crippen molar-refractivity contribution in [1.82, 2.24) is 5.32 Å². The standard InChI is InChI=1S/C12H11BrFNO/c1-15-12(10-6-3-7-16-10)11-8(13)4-2-5-9(11)14/h2-7,12,15H,1H3. The summed E-state index contributed by atoms with van der Waals surface area (Å²) in [6.07, 6.45) is 1.58. The molecule has 1 atom stereocenters. The molecular weight excluding hydrogens is 273 g/mol.